The highest BCUT2D eigenvalue weighted by Gasteiger charge is 2.10. The van der Waals surface area contributed by atoms with Crippen molar-refractivity contribution in [2.24, 2.45) is 0 Å². The molecule has 1 atom stereocenters. The number of halogens is 1. The van der Waals surface area contributed by atoms with E-state index < -0.39 is 0 Å². The second-order valence-corrected chi connectivity index (χ2v) is 4.63. The molecule has 0 radical (unpaired) electrons. The highest BCUT2D eigenvalue weighted by molar-refractivity contribution is 5.41. The SMILES string of the molecule is COc1ccc(CNC(C)c2ccccc2F)cc1O. The van der Waals surface area contributed by atoms with E-state index in [2.05, 4.69) is 5.32 Å². The molecule has 1 unspecified atom stereocenters. The summed E-state index contributed by atoms with van der Waals surface area (Å²) in [6.45, 7) is 2.44. The fourth-order valence-corrected chi connectivity index (χ4v) is 2.05. The molecule has 2 rings (SSSR count). The van der Waals surface area contributed by atoms with Gasteiger partial charge in [-0.15, -0.1) is 0 Å². The van der Waals surface area contributed by atoms with Gasteiger partial charge < -0.3 is 15.2 Å². The van der Waals surface area contributed by atoms with Crippen LogP contribution in [0, 0.1) is 5.82 Å². The maximum atomic E-state index is 13.6. The topological polar surface area (TPSA) is 41.5 Å². The first-order valence-corrected chi connectivity index (χ1v) is 6.45. The van der Waals surface area contributed by atoms with Crippen LogP contribution in [0.25, 0.3) is 0 Å². The Balaban J connectivity index is 2.02. The van der Waals surface area contributed by atoms with Crippen molar-refractivity contribution in [3.05, 3.63) is 59.4 Å². The molecule has 0 saturated heterocycles. The highest BCUT2D eigenvalue weighted by Crippen LogP contribution is 2.26. The van der Waals surface area contributed by atoms with E-state index in [-0.39, 0.29) is 17.6 Å². The highest BCUT2D eigenvalue weighted by atomic mass is 19.1. The number of rotatable bonds is 5. The summed E-state index contributed by atoms with van der Waals surface area (Å²) in [6.07, 6.45) is 0. The van der Waals surface area contributed by atoms with Crippen LogP contribution < -0.4 is 10.1 Å². The first-order valence-electron chi connectivity index (χ1n) is 6.45. The van der Waals surface area contributed by atoms with E-state index in [1.54, 1.807) is 24.3 Å². The average molecular weight is 275 g/mol. The minimum atomic E-state index is -0.218. The van der Waals surface area contributed by atoms with Crippen LogP contribution in [0.15, 0.2) is 42.5 Å². The fraction of sp³-hybridized carbons (Fsp3) is 0.250. The van der Waals surface area contributed by atoms with Gasteiger partial charge in [0.15, 0.2) is 11.5 Å². The molecule has 0 amide bonds. The Bertz CT molecular complexity index is 586. The van der Waals surface area contributed by atoms with Gasteiger partial charge in [-0.3, -0.25) is 0 Å². The van der Waals surface area contributed by atoms with E-state index in [1.807, 2.05) is 19.1 Å². The average Bonchev–Trinajstić information content (AvgIpc) is 2.45. The van der Waals surface area contributed by atoms with Gasteiger partial charge in [0.25, 0.3) is 0 Å². The molecule has 0 aliphatic carbocycles. The second kappa shape index (κ2) is 6.39. The van der Waals surface area contributed by atoms with E-state index in [0.717, 1.165) is 5.56 Å². The van der Waals surface area contributed by atoms with Crippen LogP contribution in [0.3, 0.4) is 0 Å². The van der Waals surface area contributed by atoms with E-state index in [1.165, 1.54) is 13.2 Å². The van der Waals surface area contributed by atoms with Crippen LogP contribution in [0.5, 0.6) is 11.5 Å². The standard InChI is InChI=1S/C16H18FNO2/c1-11(13-5-3-4-6-14(13)17)18-10-12-7-8-16(20-2)15(19)9-12/h3-9,11,18-19H,10H2,1-2H3. The Labute approximate surface area is 118 Å². The number of hydrogen-bond acceptors (Lipinski definition) is 3. The minimum Gasteiger partial charge on any atom is -0.504 e. The van der Waals surface area contributed by atoms with Crippen molar-refractivity contribution in [3.8, 4) is 11.5 Å². The van der Waals surface area contributed by atoms with Crippen molar-refractivity contribution in [3.63, 3.8) is 0 Å². The zero-order chi connectivity index (χ0) is 14.5. The fourth-order valence-electron chi connectivity index (χ4n) is 2.05. The Morgan fingerprint density at radius 1 is 1.25 bits per heavy atom. The number of nitrogens with one attached hydrogen (secondary N) is 1. The molecule has 0 saturated carbocycles. The van der Waals surface area contributed by atoms with Gasteiger partial charge in [0.1, 0.15) is 5.82 Å². The molecule has 0 aliphatic rings. The van der Waals surface area contributed by atoms with Crippen molar-refractivity contribution >= 4 is 0 Å². The van der Waals surface area contributed by atoms with Crippen LogP contribution >= 0.6 is 0 Å². The molecule has 0 aliphatic heterocycles. The lowest BCUT2D eigenvalue weighted by Gasteiger charge is -2.15. The summed E-state index contributed by atoms with van der Waals surface area (Å²) >= 11 is 0. The predicted molar refractivity (Wildman–Crippen MR) is 76.3 cm³/mol. The molecular formula is C16H18FNO2. The second-order valence-electron chi connectivity index (χ2n) is 4.63. The summed E-state index contributed by atoms with van der Waals surface area (Å²) in [4.78, 5) is 0. The van der Waals surface area contributed by atoms with Gasteiger partial charge in [-0.1, -0.05) is 24.3 Å². The Hall–Kier alpha value is -2.07. The molecule has 2 aromatic carbocycles. The zero-order valence-corrected chi connectivity index (χ0v) is 11.6. The summed E-state index contributed by atoms with van der Waals surface area (Å²) in [7, 11) is 1.51. The van der Waals surface area contributed by atoms with E-state index in [0.29, 0.717) is 17.9 Å². The first kappa shape index (κ1) is 14.3. The molecule has 3 nitrogen and oxygen atoms in total. The third-order valence-corrected chi connectivity index (χ3v) is 3.23. The van der Waals surface area contributed by atoms with Gasteiger partial charge in [-0.25, -0.2) is 4.39 Å². The van der Waals surface area contributed by atoms with Gasteiger partial charge >= 0.3 is 0 Å². The van der Waals surface area contributed by atoms with E-state index in [4.69, 9.17) is 4.74 Å². The van der Waals surface area contributed by atoms with Crippen LogP contribution in [0.4, 0.5) is 4.39 Å². The van der Waals surface area contributed by atoms with Gasteiger partial charge in [0, 0.05) is 18.2 Å². The molecule has 20 heavy (non-hydrogen) atoms. The molecule has 0 spiro atoms. The van der Waals surface area contributed by atoms with Crippen molar-refractivity contribution in [2.45, 2.75) is 19.5 Å². The molecule has 4 heteroatoms. The lowest BCUT2D eigenvalue weighted by Crippen LogP contribution is -2.19. The van der Waals surface area contributed by atoms with Gasteiger partial charge in [0.05, 0.1) is 7.11 Å². The van der Waals surface area contributed by atoms with Gasteiger partial charge in [-0.05, 0) is 30.7 Å². The molecule has 0 fully saturated rings. The van der Waals surface area contributed by atoms with Crippen molar-refractivity contribution in [1.29, 1.82) is 0 Å². The van der Waals surface area contributed by atoms with Crippen LogP contribution in [-0.2, 0) is 6.54 Å². The Morgan fingerprint density at radius 3 is 2.65 bits per heavy atom. The van der Waals surface area contributed by atoms with Crippen LogP contribution in [-0.4, -0.2) is 12.2 Å². The van der Waals surface area contributed by atoms with Crippen molar-refractivity contribution < 1.29 is 14.2 Å². The third-order valence-electron chi connectivity index (χ3n) is 3.23. The summed E-state index contributed by atoms with van der Waals surface area (Å²) in [5, 5.41) is 12.9. The summed E-state index contributed by atoms with van der Waals surface area (Å²) in [5.41, 5.74) is 1.54. The minimum absolute atomic E-state index is 0.102. The molecule has 106 valence electrons. The van der Waals surface area contributed by atoms with Gasteiger partial charge in [0.2, 0.25) is 0 Å². The van der Waals surface area contributed by atoms with E-state index >= 15 is 0 Å². The summed E-state index contributed by atoms with van der Waals surface area (Å²) in [5.74, 6) is 0.325. The number of benzene rings is 2. The quantitative estimate of drug-likeness (QED) is 0.879. The first-order chi connectivity index (χ1) is 9.61. The number of ether oxygens (including phenoxy) is 1. The molecule has 2 aromatic rings. The lowest BCUT2D eigenvalue weighted by molar-refractivity contribution is 0.373. The number of aromatic hydroxyl groups is 1. The normalized spacial score (nSPS) is 12.2. The van der Waals surface area contributed by atoms with Crippen molar-refractivity contribution in [1.82, 2.24) is 5.32 Å². The van der Waals surface area contributed by atoms with Crippen LogP contribution in [0.2, 0.25) is 0 Å². The maximum Gasteiger partial charge on any atom is 0.160 e. The Kier molecular flexibility index (Phi) is 4.58. The molecule has 2 N–H and O–H groups in total. The molecule has 0 bridgehead atoms. The van der Waals surface area contributed by atoms with Crippen LogP contribution in [0.1, 0.15) is 24.1 Å². The summed E-state index contributed by atoms with van der Waals surface area (Å²) in [6, 6.07) is 11.8. The van der Waals surface area contributed by atoms with Crippen molar-refractivity contribution in [2.75, 3.05) is 7.11 Å². The number of phenols is 1. The maximum absolute atomic E-state index is 13.6. The number of hydrogen-bond donors (Lipinski definition) is 2. The van der Waals surface area contributed by atoms with Gasteiger partial charge in [-0.2, -0.15) is 0 Å². The zero-order valence-electron chi connectivity index (χ0n) is 11.6. The molecular weight excluding hydrogens is 257 g/mol. The monoisotopic (exact) mass is 275 g/mol. The number of phenolic OH excluding ortho intramolecular Hbond substituents is 1. The van der Waals surface area contributed by atoms with E-state index in [9.17, 15) is 9.50 Å². The molecule has 0 aromatic heterocycles. The third kappa shape index (κ3) is 3.27. The predicted octanol–water partition coefficient (Wildman–Crippen LogP) is 3.39. The molecule has 0 heterocycles. The smallest absolute Gasteiger partial charge is 0.160 e. The largest absolute Gasteiger partial charge is 0.504 e. The summed E-state index contributed by atoms with van der Waals surface area (Å²) < 4.78 is 18.6. The number of methoxy groups -OCH3 is 1. The lowest BCUT2D eigenvalue weighted by atomic mass is 10.1. The Morgan fingerprint density at radius 2 is 2.00 bits per heavy atom.